The fraction of sp³-hybridized carbons (Fsp3) is 1.00. The van der Waals surface area contributed by atoms with Gasteiger partial charge < -0.3 is 5.32 Å². The number of unbranched alkanes of at least 4 members (excludes halogenated alkanes) is 3. The van der Waals surface area contributed by atoms with Crippen molar-refractivity contribution in [2.24, 2.45) is 0 Å². The molecule has 17 heavy (non-hydrogen) atoms. The molecule has 0 aliphatic heterocycles. The van der Waals surface area contributed by atoms with Gasteiger partial charge in [-0.25, -0.2) is 13.1 Å². The average molecular weight is 282 g/mol. The van der Waals surface area contributed by atoms with Crippen molar-refractivity contribution in [1.29, 1.82) is 0 Å². The van der Waals surface area contributed by atoms with Crippen LogP contribution in [0.1, 0.15) is 32.6 Å². The van der Waals surface area contributed by atoms with Crippen molar-refractivity contribution >= 4 is 21.8 Å². The van der Waals surface area contributed by atoms with Gasteiger partial charge in [-0.15, -0.1) is 0 Å². The highest BCUT2D eigenvalue weighted by molar-refractivity contribution is 7.98. The van der Waals surface area contributed by atoms with Crippen LogP contribution in [-0.2, 0) is 10.0 Å². The zero-order valence-corrected chi connectivity index (χ0v) is 12.6. The van der Waals surface area contributed by atoms with Gasteiger partial charge in [0.2, 0.25) is 10.0 Å². The van der Waals surface area contributed by atoms with Crippen LogP contribution >= 0.6 is 11.8 Å². The Labute approximate surface area is 110 Å². The van der Waals surface area contributed by atoms with E-state index in [0.29, 0.717) is 13.1 Å². The van der Waals surface area contributed by atoms with Gasteiger partial charge in [-0.1, -0.05) is 19.8 Å². The summed E-state index contributed by atoms with van der Waals surface area (Å²) in [4.78, 5) is 0. The Hall–Kier alpha value is 0.220. The minimum atomic E-state index is -3.07. The standard InChI is InChI=1S/C11H26N2O2S2/c1-3-12-9-11-17(14,15)13-8-6-4-5-7-10-16-2/h12-13H,3-11H2,1-2H3. The highest BCUT2D eigenvalue weighted by atomic mass is 32.2. The topological polar surface area (TPSA) is 58.2 Å². The zero-order chi connectivity index (χ0) is 13.0. The van der Waals surface area contributed by atoms with Crippen molar-refractivity contribution < 1.29 is 8.42 Å². The van der Waals surface area contributed by atoms with Gasteiger partial charge in [-0.3, -0.25) is 0 Å². The van der Waals surface area contributed by atoms with Crippen molar-refractivity contribution in [2.75, 3.05) is 37.4 Å². The molecular weight excluding hydrogens is 256 g/mol. The van der Waals surface area contributed by atoms with Gasteiger partial charge in [0.05, 0.1) is 5.75 Å². The predicted octanol–water partition coefficient (Wildman–Crippen LogP) is 1.44. The quantitative estimate of drug-likeness (QED) is 0.532. The minimum absolute atomic E-state index is 0.174. The SMILES string of the molecule is CCNCCS(=O)(=O)NCCCCCCSC. The molecule has 0 amide bonds. The number of sulfonamides is 1. The third-order valence-corrected chi connectivity index (χ3v) is 4.48. The molecule has 0 saturated carbocycles. The summed E-state index contributed by atoms with van der Waals surface area (Å²) in [6.45, 7) is 3.88. The summed E-state index contributed by atoms with van der Waals surface area (Å²) in [5.41, 5.74) is 0. The third-order valence-electron chi connectivity index (χ3n) is 2.39. The second-order valence-corrected chi connectivity index (χ2v) is 6.89. The lowest BCUT2D eigenvalue weighted by Gasteiger charge is -2.06. The van der Waals surface area contributed by atoms with Gasteiger partial charge >= 0.3 is 0 Å². The van der Waals surface area contributed by atoms with Gasteiger partial charge in [0.1, 0.15) is 0 Å². The first-order chi connectivity index (χ1) is 8.12. The van der Waals surface area contributed by atoms with Crippen molar-refractivity contribution in [2.45, 2.75) is 32.6 Å². The van der Waals surface area contributed by atoms with Crippen LogP contribution in [0.25, 0.3) is 0 Å². The second kappa shape index (κ2) is 11.3. The van der Waals surface area contributed by atoms with Crippen molar-refractivity contribution in [3.05, 3.63) is 0 Å². The highest BCUT2D eigenvalue weighted by Gasteiger charge is 2.07. The molecule has 0 atom stereocenters. The minimum Gasteiger partial charge on any atom is -0.316 e. The molecule has 0 aliphatic rings. The van der Waals surface area contributed by atoms with Crippen LogP contribution in [0.15, 0.2) is 0 Å². The van der Waals surface area contributed by atoms with E-state index in [4.69, 9.17) is 0 Å². The molecule has 104 valence electrons. The molecule has 6 heteroatoms. The molecule has 0 aliphatic carbocycles. The Kier molecular flexibility index (Phi) is 11.5. The lowest BCUT2D eigenvalue weighted by molar-refractivity contribution is 0.570. The summed E-state index contributed by atoms with van der Waals surface area (Å²) in [6, 6.07) is 0. The summed E-state index contributed by atoms with van der Waals surface area (Å²) in [6.07, 6.45) is 6.58. The van der Waals surface area contributed by atoms with E-state index in [9.17, 15) is 8.42 Å². The van der Waals surface area contributed by atoms with Crippen LogP contribution in [0.5, 0.6) is 0 Å². The van der Waals surface area contributed by atoms with E-state index in [0.717, 1.165) is 19.4 Å². The fourth-order valence-corrected chi connectivity index (χ4v) is 2.91. The number of thioether (sulfide) groups is 1. The van der Waals surface area contributed by atoms with Crippen LogP contribution in [0, 0.1) is 0 Å². The average Bonchev–Trinajstić information content (AvgIpc) is 2.28. The van der Waals surface area contributed by atoms with E-state index in [1.807, 2.05) is 18.7 Å². The Morgan fingerprint density at radius 3 is 2.41 bits per heavy atom. The van der Waals surface area contributed by atoms with Crippen molar-refractivity contribution in [3.8, 4) is 0 Å². The second-order valence-electron chi connectivity index (χ2n) is 3.97. The smallest absolute Gasteiger partial charge is 0.212 e. The molecule has 0 saturated heterocycles. The van der Waals surface area contributed by atoms with Gasteiger partial charge in [0.25, 0.3) is 0 Å². The molecule has 0 aromatic carbocycles. The van der Waals surface area contributed by atoms with E-state index in [1.54, 1.807) is 0 Å². The van der Waals surface area contributed by atoms with E-state index >= 15 is 0 Å². The first-order valence-corrected chi connectivity index (χ1v) is 9.34. The molecule has 0 radical (unpaired) electrons. The fourth-order valence-electron chi connectivity index (χ4n) is 1.41. The maximum Gasteiger partial charge on any atom is 0.212 e. The van der Waals surface area contributed by atoms with Crippen LogP contribution in [-0.4, -0.2) is 45.8 Å². The largest absolute Gasteiger partial charge is 0.316 e. The van der Waals surface area contributed by atoms with Crippen molar-refractivity contribution in [1.82, 2.24) is 10.0 Å². The van der Waals surface area contributed by atoms with Gasteiger partial charge in [0.15, 0.2) is 0 Å². The first-order valence-electron chi connectivity index (χ1n) is 6.29. The summed E-state index contributed by atoms with van der Waals surface area (Å²) < 4.78 is 25.6. The molecule has 0 fully saturated rings. The lowest BCUT2D eigenvalue weighted by atomic mass is 10.2. The molecule has 0 spiro atoms. The Bertz CT molecular complexity index is 256. The first kappa shape index (κ1) is 17.2. The number of nitrogens with one attached hydrogen (secondary N) is 2. The van der Waals surface area contributed by atoms with Gasteiger partial charge in [-0.2, -0.15) is 11.8 Å². The third kappa shape index (κ3) is 12.5. The Morgan fingerprint density at radius 2 is 1.76 bits per heavy atom. The number of hydrogen-bond donors (Lipinski definition) is 2. The molecule has 4 nitrogen and oxygen atoms in total. The maximum atomic E-state index is 11.5. The van der Waals surface area contributed by atoms with Crippen molar-refractivity contribution in [3.63, 3.8) is 0 Å². The maximum absolute atomic E-state index is 11.5. The molecule has 0 unspecified atom stereocenters. The van der Waals surface area contributed by atoms with E-state index < -0.39 is 10.0 Å². The number of rotatable bonds is 12. The summed E-state index contributed by atoms with van der Waals surface area (Å²) in [5, 5.41) is 3.01. The molecular formula is C11H26N2O2S2. The van der Waals surface area contributed by atoms with E-state index in [2.05, 4.69) is 16.3 Å². The number of hydrogen-bond acceptors (Lipinski definition) is 4. The van der Waals surface area contributed by atoms with Crippen LogP contribution < -0.4 is 10.0 Å². The van der Waals surface area contributed by atoms with E-state index in [1.165, 1.54) is 18.6 Å². The molecule has 0 aromatic heterocycles. The monoisotopic (exact) mass is 282 g/mol. The Balaban J connectivity index is 3.39. The van der Waals surface area contributed by atoms with Crippen LogP contribution in [0.3, 0.4) is 0 Å². The molecule has 0 rings (SSSR count). The molecule has 0 heterocycles. The summed E-state index contributed by atoms with van der Waals surface area (Å²) in [5.74, 6) is 1.38. The van der Waals surface area contributed by atoms with E-state index in [-0.39, 0.29) is 5.75 Å². The van der Waals surface area contributed by atoms with Gasteiger partial charge in [0, 0.05) is 13.1 Å². The predicted molar refractivity (Wildman–Crippen MR) is 77.2 cm³/mol. The van der Waals surface area contributed by atoms with Crippen LogP contribution in [0.2, 0.25) is 0 Å². The van der Waals surface area contributed by atoms with Crippen LogP contribution in [0.4, 0.5) is 0 Å². The zero-order valence-electron chi connectivity index (χ0n) is 11.0. The Morgan fingerprint density at radius 1 is 1.06 bits per heavy atom. The normalized spacial score (nSPS) is 11.9. The molecule has 2 N–H and O–H groups in total. The highest BCUT2D eigenvalue weighted by Crippen LogP contribution is 2.04. The summed E-state index contributed by atoms with van der Waals surface area (Å²) in [7, 11) is -3.07. The van der Waals surface area contributed by atoms with Gasteiger partial charge in [-0.05, 0) is 31.4 Å². The lowest BCUT2D eigenvalue weighted by Crippen LogP contribution is -2.32. The molecule has 0 bridgehead atoms. The summed E-state index contributed by atoms with van der Waals surface area (Å²) >= 11 is 1.86. The molecule has 0 aromatic rings.